The van der Waals surface area contributed by atoms with Crippen LogP contribution in [0, 0.1) is 0 Å². The molecule has 1 aromatic carbocycles. The summed E-state index contributed by atoms with van der Waals surface area (Å²) in [6.45, 7) is 1.95. The van der Waals surface area contributed by atoms with Gasteiger partial charge >= 0.3 is 6.03 Å². The standard InChI is InChI=1S/C22H25N5O6S/c1-2-22(16-8-4-3-5-9-16)20(30)27(21(31)23-22)24-18(28)15-25-14-17(10-11-19(25)29)34(32,33)26-12-6-7-13-26/h3-5,8-11,14H,2,6-7,12-13,15H2,1H3,(H,23,31)(H,24,28)/t22-/m0/s1. The van der Waals surface area contributed by atoms with Crippen LogP contribution >= 0.6 is 0 Å². The monoisotopic (exact) mass is 487 g/mol. The second kappa shape index (κ2) is 9.03. The van der Waals surface area contributed by atoms with Gasteiger partial charge in [-0.2, -0.15) is 9.31 Å². The summed E-state index contributed by atoms with van der Waals surface area (Å²) in [5, 5.41) is 3.24. The lowest BCUT2D eigenvalue weighted by molar-refractivity contribution is -0.139. The van der Waals surface area contributed by atoms with E-state index in [4.69, 9.17) is 0 Å². The van der Waals surface area contributed by atoms with Crippen molar-refractivity contribution in [3.63, 3.8) is 0 Å². The number of sulfonamides is 1. The highest BCUT2D eigenvalue weighted by molar-refractivity contribution is 7.89. The molecular formula is C22H25N5O6S. The van der Waals surface area contributed by atoms with Crippen LogP contribution in [-0.2, 0) is 31.7 Å². The normalized spacial score (nSPS) is 21.0. The molecular weight excluding hydrogens is 462 g/mol. The number of pyridine rings is 1. The molecule has 2 fully saturated rings. The van der Waals surface area contributed by atoms with E-state index in [9.17, 15) is 27.6 Å². The molecule has 34 heavy (non-hydrogen) atoms. The molecule has 2 N–H and O–H groups in total. The molecule has 4 rings (SSSR count). The maximum absolute atomic E-state index is 13.1. The molecule has 1 atom stereocenters. The number of nitrogens with zero attached hydrogens (tertiary/aromatic N) is 3. The number of carbonyl (C=O) groups excluding carboxylic acids is 3. The van der Waals surface area contributed by atoms with E-state index >= 15 is 0 Å². The van der Waals surface area contributed by atoms with Gasteiger partial charge < -0.3 is 9.88 Å². The topological polar surface area (TPSA) is 138 Å². The minimum atomic E-state index is -3.79. The van der Waals surface area contributed by atoms with E-state index in [0.29, 0.717) is 23.7 Å². The Morgan fingerprint density at radius 2 is 1.74 bits per heavy atom. The predicted octanol–water partition coefficient (Wildman–Crippen LogP) is 0.521. The number of hydrogen-bond donors (Lipinski definition) is 2. The molecule has 2 aliphatic rings. The van der Waals surface area contributed by atoms with Gasteiger partial charge in [0.2, 0.25) is 10.0 Å². The fourth-order valence-corrected chi connectivity index (χ4v) is 5.75. The highest BCUT2D eigenvalue weighted by Crippen LogP contribution is 2.31. The van der Waals surface area contributed by atoms with Crippen LogP contribution in [-0.4, -0.2) is 53.2 Å². The van der Waals surface area contributed by atoms with Gasteiger partial charge in [0.15, 0.2) is 0 Å². The Kier molecular flexibility index (Phi) is 6.28. The summed E-state index contributed by atoms with van der Waals surface area (Å²) < 4.78 is 27.8. The van der Waals surface area contributed by atoms with Crippen molar-refractivity contribution in [3.8, 4) is 0 Å². The molecule has 0 spiro atoms. The summed E-state index contributed by atoms with van der Waals surface area (Å²) in [6.07, 6.45) is 2.87. The molecule has 0 saturated carbocycles. The van der Waals surface area contributed by atoms with Gasteiger partial charge in [0.05, 0.1) is 4.90 Å². The van der Waals surface area contributed by atoms with Gasteiger partial charge in [-0.25, -0.2) is 13.2 Å². The molecule has 2 saturated heterocycles. The van der Waals surface area contributed by atoms with Crippen LogP contribution in [0.25, 0.3) is 0 Å². The van der Waals surface area contributed by atoms with Crippen molar-refractivity contribution in [3.05, 3.63) is 64.6 Å². The van der Waals surface area contributed by atoms with Crippen molar-refractivity contribution in [1.82, 2.24) is 24.6 Å². The highest BCUT2D eigenvalue weighted by Gasteiger charge is 2.52. The number of imide groups is 1. The van der Waals surface area contributed by atoms with Gasteiger partial charge in [0.25, 0.3) is 17.4 Å². The average molecular weight is 488 g/mol. The Morgan fingerprint density at radius 3 is 2.38 bits per heavy atom. The Hall–Kier alpha value is -3.51. The van der Waals surface area contributed by atoms with Crippen molar-refractivity contribution < 1.29 is 22.8 Å². The highest BCUT2D eigenvalue weighted by atomic mass is 32.2. The number of nitrogens with one attached hydrogen (secondary N) is 2. The van der Waals surface area contributed by atoms with Gasteiger partial charge in [-0.3, -0.25) is 19.8 Å². The molecule has 3 heterocycles. The van der Waals surface area contributed by atoms with Crippen molar-refractivity contribution in [2.75, 3.05) is 13.1 Å². The van der Waals surface area contributed by atoms with Gasteiger partial charge in [-0.05, 0) is 30.9 Å². The molecule has 0 radical (unpaired) electrons. The van der Waals surface area contributed by atoms with E-state index in [0.717, 1.165) is 29.7 Å². The molecule has 0 aliphatic carbocycles. The Morgan fingerprint density at radius 1 is 1.06 bits per heavy atom. The lowest BCUT2D eigenvalue weighted by Gasteiger charge is -2.25. The molecule has 0 bridgehead atoms. The predicted molar refractivity (Wildman–Crippen MR) is 121 cm³/mol. The Bertz CT molecular complexity index is 1290. The first-order chi connectivity index (χ1) is 16.2. The summed E-state index contributed by atoms with van der Waals surface area (Å²) >= 11 is 0. The number of carbonyl (C=O) groups is 3. The quantitative estimate of drug-likeness (QED) is 0.546. The first kappa shape index (κ1) is 23.6. The van der Waals surface area contributed by atoms with Crippen LogP contribution < -0.4 is 16.3 Å². The summed E-state index contributed by atoms with van der Waals surface area (Å²) in [7, 11) is -3.79. The first-order valence-corrected chi connectivity index (χ1v) is 12.4. The third-order valence-corrected chi connectivity index (χ3v) is 7.98. The van der Waals surface area contributed by atoms with Gasteiger partial charge in [-0.15, -0.1) is 0 Å². The van der Waals surface area contributed by atoms with Crippen LogP contribution in [0.4, 0.5) is 4.79 Å². The molecule has 11 nitrogen and oxygen atoms in total. The minimum absolute atomic E-state index is 0.106. The summed E-state index contributed by atoms with van der Waals surface area (Å²) in [5.41, 5.74) is 0.888. The average Bonchev–Trinajstić information content (AvgIpc) is 3.45. The van der Waals surface area contributed by atoms with Crippen molar-refractivity contribution >= 4 is 27.9 Å². The van der Waals surface area contributed by atoms with Crippen molar-refractivity contribution in [2.45, 2.75) is 43.2 Å². The van der Waals surface area contributed by atoms with Crippen molar-refractivity contribution in [1.29, 1.82) is 0 Å². The molecule has 4 amide bonds. The maximum atomic E-state index is 13.1. The van der Waals surface area contributed by atoms with E-state index in [2.05, 4.69) is 10.7 Å². The molecule has 12 heteroatoms. The Balaban J connectivity index is 1.52. The number of urea groups is 1. The number of aromatic nitrogens is 1. The smallest absolute Gasteiger partial charge is 0.318 e. The van der Waals surface area contributed by atoms with E-state index < -0.39 is 45.5 Å². The fraction of sp³-hybridized carbons (Fsp3) is 0.364. The second-order valence-electron chi connectivity index (χ2n) is 8.17. The van der Waals surface area contributed by atoms with E-state index in [1.54, 1.807) is 37.3 Å². The molecule has 2 aliphatic heterocycles. The molecule has 1 aromatic heterocycles. The lowest BCUT2D eigenvalue weighted by atomic mass is 9.87. The van der Waals surface area contributed by atoms with E-state index in [1.165, 1.54) is 10.4 Å². The maximum Gasteiger partial charge on any atom is 0.344 e. The molecule has 2 aromatic rings. The summed E-state index contributed by atoms with van der Waals surface area (Å²) in [4.78, 5) is 50.5. The SMILES string of the molecule is CC[C@@]1(c2ccccc2)NC(=O)N(NC(=O)Cn2cc(S(=O)(=O)N3CCCC3)ccc2=O)C1=O. The van der Waals surface area contributed by atoms with Crippen LogP contribution in [0.15, 0.2) is 58.4 Å². The third-order valence-electron chi connectivity index (χ3n) is 6.10. The van der Waals surface area contributed by atoms with Gasteiger partial charge in [0.1, 0.15) is 12.1 Å². The van der Waals surface area contributed by atoms with Crippen molar-refractivity contribution in [2.24, 2.45) is 0 Å². The number of benzene rings is 1. The number of amides is 4. The lowest BCUT2D eigenvalue weighted by Crippen LogP contribution is -2.49. The zero-order valence-corrected chi connectivity index (χ0v) is 19.4. The zero-order chi connectivity index (χ0) is 24.5. The third kappa shape index (κ3) is 4.10. The van der Waals surface area contributed by atoms with E-state index in [-0.39, 0.29) is 11.3 Å². The van der Waals surface area contributed by atoms with Crippen LogP contribution in [0.2, 0.25) is 0 Å². The number of rotatable bonds is 7. The van der Waals surface area contributed by atoms with Crippen LogP contribution in [0.3, 0.4) is 0 Å². The van der Waals surface area contributed by atoms with Gasteiger partial charge in [-0.1, -0.05) is 37.3 Å². The summed E-state index contributed by atoms with van der Waals surface area (Å²) in [5.74, 6) is -1.49. The summed E-state index contributed by atoms with van der Waals surface area (Å²) in [6, 6.07) is 10.1. The number of hydrogen-bond acceptors (Lipinski definition) is 6. The van der Waals surface area contributed by atoms with Gasteiger partial charge in [0, 0.05) is 25.4 Å². The van der Waals surface area contributed by atoms with Crippen LogP contribution in [0.1, 0.15) is 31.7 Å². The second-order valence-corrected chi connectivity index (χ2v) is 10.1. The first-order valence-electron chi connectivity index (χ1n) is 10.9. The zero-order valence-electron chi connectivity index (χ0n) is 18.6. The number of hydrazine groups is 1. The Labute approximate surface area is 196 Å². The molecule has 180 valence electrons. The minimum Gasteiger partial charge on any atom is -0.318 e. The van der Waals surface area contributed by atoms with Crippen LogP contribution in [0.5, 0.6) is 0 Å². The largest absolute Gasteiger partial charge is 0.344 e. The fourth-order valence-electron chi connectivity index (χ4n) is 4.22. The van der Waals surface area contributed by atoms with E-state index in [1.807, 2.05) is 0 Å². The molecule has 0 unspecified atom stereocenters.